The molecule has 6 heteroatoms. The zero-order chi connectivity index (χ0) is 9.14. The summed E-state index contributed by atoms with van der Waals surface area (Å²) in [5.41, 5.74) is 5.19. The smallest absolute Gasteiger partial charge is 0.260 e. The van der Waals surface area contributed by atoms with Gasteiger partial charge in [-0.05, 0) is 6.92 Å². The van der Waals surface area contributed by atoms with Crippen molar-refractivity contribution in [3.63, 3.8) is 0 Å². The number of rotatable bonds is 3. The second kappa shape index (κ2) is 3.57. The summed E-state index contributed by atoms with van der Waals surface area (Å²) in [7, 11) is 0. The molecule has 0 saturated carbocycles. The lowest BCUT2D eigenvalue weighted by Crippen LogP contribution is -2.23. The molecule has 4 nitrogen and oxygen atoms in total. The fourth-order valence-corrected chi connectivity index (χ4v) is 0.888. The van der Waals surface area contributed by atoms with Crippen LogP contribution in [0.1, 0.15) is 18.8 Å². The van der Waals surface area contributed by atoms with E-state index in [1.165, 1.54) is 11.0 Å². The Labute approximate surface area is 68.4 Å². The molecule has 0 bridgehead atoms. The molecule has 0 aromatic carbocycles. The highest BCUT2D eigenvalue weighted by Crippen LogP contribution is 2.14. The first kappa shape index (κ1) is 9.05. The minimum atomic E-state index is -2.60. The number of alkyl halides is 2. The molecule has 1 aromatic rings. The monoisotopic (exact) mass is 176 g/mol. The van der Waals surface area contributed by atoms with E-state index in [4.69, 9.17) is 5.73 Å². The average molecular weight is 176 g/mol. The van der Waals surface area contributed by atoms with Crippen molar-refractivity contribution in [3.8, 4) is 0 Å². The predicted molar refractivity (Wildman–Crippen MR) is 38.6 cm³/mol. The molecule has 2 N–H and O–H groups in total. The van der Waals surface area contributed by atoms with E-state index in [1.807, 2.05) is 0 Å². The fourth-order valence-electron chi connectivity index (χ4n) is 0.888. The Kier molecular flexibility index (Phi) is 2.69. The molecule has 0 spiro atoms. The summed E-state index contributed by atoms with van der Waals surface area (Å²) in [5, 5.41) is 3.73. The van der Waals surface area contributed by atoms with Crippen molar-refractivity contribution in [2.75, 3.05) is 0 Å². The molecule has 0 aliphatic heterocycles. The summed E-state index contributed by atoms with van der Waals surface area (Å²) in [4.78, 5) is 3.66. The number of hydrogen-bond acceptors (Lipinski definition) is 3. The predicted octanol–water partition coefficient (Wildman–Crippen LogP) is 0.563. The van der Waals surface area contributed by atoms with E-state index in [2.05, 4.69) is 10.1 Å². The van der Waals surface area contributed by atoms with Crippen LogP contribution in [0.2, 0.25) is 0 Å². The van der Waals surface area contributed by atoms with Crippen LogP contribution in [0, 0.1) is 0 Å². The van der Waals surface area contributed by atoms with Crippen LogP contribution in [0.15, 0.2) is 6.33 Å². The van der Waals surface area contributed by atoms with Crippen LogP contribution >= 0.6 is 0 Å². The van der Waals surface area contributed by atoms with Gasteiger partial charge < -0.3 is 5.73 Å². The lowest BCUT2D eigenvalue weighted by Gasteiger charge is -2.09. The molecule has 0 aliphatic carbocycles. The first-order valence-electron chi connectivity index (χ1n) is 3.58. The van der Waals surface area contributed by atoms with Crippen molar-refractivity contribution < 1.29 is 8.78 Å². The molecule has 0 aliphatic rings. The summed E-state index contributed by atoms with van der Waals surface area (Å²) in [6, 6.07) is -1.34. The van der Waals surface area contributed by atoms with Gasteiger partial charge in [0.05, 0.1) is 0 Å². The van der Waals surface area contributed by atoms with E-state index in [9.17, 15) is 8.78 Å². The van der Waals surface area contributed by atoms with Crippen LogP contribution in [-0.2, 0) is 6.54 Å². The quantitative estimate of drug-likeness (QED) is 0.732. The Hall–Kier alpha value is -1.04. The van der Waals surface area contributed by atoms with E-state index in [0.717, 1.165) is 0 Å². The van der Waals surface area contributed by atoms with Gasteiger partial charge in [0.1, 0.15) is 18.2 Å². The minimum absolute atomic E-state index is 0.132. The Balaban J connectivity index is 2.86. The van der Waals surface area contributed by atoms with Crippen molar-refractivity contribution >= 4 is 0 Å². The van der Waals surface area contributed by atoms with E-state index in [0.29, 0.717) is 6.54 Å². The van der Waals surface area contributed by atoms with Crippen molar-refractivity contribution in [1.29, 1.82) is 0 Å². The second-order valence-corrected chi connectivity index (χ2v) is 2.29. The van der Waals surface area contributed by atoms with Crippen LogP contribution < -0.4 is 5.73 Å². The molecule has 1 heterocycles. The Morgan fingerprint density at radius 2 is 2.33 bits per heavy atom. The van der Waals surface area contributed by atoms with Gasteiger partial charge in [-0.2, -0.15) is 5.10 Å². The van der Waals surface area contributed by atoms with Gasteiger partial charge in [-0.3, -0.25) is 0 Å². The molecule has 1 unspecified atom stereocenters. The molecule has 0 saturated heterocycles. The highest BCUT2D eigenvalue weighted by atomic mass is 19.3. The lowest BCUT2D eigenvalue weighted by molar-refractivity contribution is 0.110. The summed E-state index contributed by atoms with van der Waals surface area (Å²) < 4.78 is 25.6. The number of halogens is 2. The molecule has 1 atom stereocenters. The van der Waals surface area contributed by atoms with E-state index in [1.54, 1.807) is 6.92 Å². The van der Waals surface area contributed by atoms with Gasteiger partial charge in [-0.15, -0.1) is 0 Å². The summed E-state index contributed by atoms with van der Waals surface area (Å²) in [6.07, 6.45) is -1.37. The third-order valence-electron chi connectivity index (χ3n) is 1.51. The molecular formula is C6H10F2N4. The first-order chi connectivity index (χ1) is 5.66. The maximum atomic E-state index is 12.1. The van der Waals surface area contributed by atoms with Gasteiger partial charge in [0.15, 0.2) is 0 Å². The van der Waals surface area contributed by atoms with Crippen LogP contribution in [0.4, 0.5) is 8.78 Å². The molecular weight excluding hydrogens is 166 g/mol. The van der Waals surface area contributed by atoms with Crippen molar-refractivity contribution in [1.82, 2.24) is 14.8 Å². The Bertz CT molecular complexity index is 247. The van der Waals surface area contributed by atoms with Crippen molar-refractivity contribution in [3.05, 3.63) is 12.2 Å². The molecule has 12 heavy (non-hydrogen) atoms. The standard InChI is InChI=1S/C6H10F2N4/c1-2-12-6(10-3-11-12)4(9)5(7)8/h3-5H,2,9H2,1H3. The number of aryl methyl sites for hydroxylation is 1. The zero-order valence-electron chi connectivity index (χ0n) is 6.61. The summed E-state index contributed by atoms with van der Waals surface area (Å²) in [5.74, 6) is 0.132. The maximum Gasteiger partial charge on any atom is 0.260 e. The van der Waals surface area contributed by atoms with Gasteiger partial charge in [0, 0.05) is 6.54 Å². The average Bonchev–Trinajstić information content (AvgIpc) is 2.49. The minimum Gasteiger partial charge on any atom is -0.317 e. The SMILES string of the molecule is CCn1ncnc1C(N)C(F)F. The van der Waals surface area contributed by atoms with E-state index >= 15 is 0 Å². The van der Waals surface area contributed by atoms with Gasteiger partial charge in [0.2, 0.25) is 0 Å². The van der Waals surface area contributed by atoms with Crippen LogP contribution in [0.5, 0.6) is 0 Å². The van der Waals surface area contributed by atoms with E-state index < -0.39 is 12.5 Å². The van der Waals surface area contributed by atoms with Crippen molar-refractivity contribution in [2.24, 2.45) is 5.73 Å². The topological polar surface area (TPSA) is 56.7 Å². The second-order valence-electron chi connectivity index (χ2n) is 2.29. The molecule has 0 radical (unpaired) electrons. The van der Waals surface area contributed by atoms with Gasteiger partial charge in [-0.25, -0.2) is 18.4 Å². The lowest BCUT2D eigenvalue weighted by atomic mass is 10.3. The molecule has 68 valence electrons. The fraction of sp³-hybridized carbons (Fsp3) is 0.667. The number of aromatic nitrogens is 3. The maximum absolute atomic E-state index is 12.1. The van der Waals surface area contributed by atoms with Crippen LogP contribution in [-0.4, -0.2) is 21.2 Å². The summed E-state index contributed by atoms with van der Waals surface area (Å²) in [6.45, 7) is 2.28. The third kappa shape index (κ3) is 1.58. The van der Waals surface area contributed by atoms with Crippen molar-refractivity contribution in [2.45, 2.75) is 25.9 Å². The van der Waals surface area contributed by atoms with Gasteiger partial charge in [-0.1, -0.05) is 0 Å². The highest BCUT2D eigenvalue weighted by molar-refractivity contribution is 4.93. The Morgan fingerprint density at radius 3 is 2.83 bits per heavy atom. The number of nitrogens with two attached hydrogens (primary N) is 1. The molecule has 1 aromatic heterocycles. The largest absolute Gasteiger partial charge is 0.317 e. The van der Waals surface area contributed by atoms with Gasteiger partial charge >= 0.3 is 0 Å². The number of nitrogens with zero attached hydrogens (tertiary/aromatic N) is 3. The third-order valence-corrected chi connectivity index (χ3v) is 1.51. The molecule has 0 amide bonds. The molecule has 1 rings (SSSR count). The molecule has 0 fully saturated rings. The highest BCUT2D eigenvalue weighted by Gasteiger charge is 2.22. The normalized spacial score (nSPS) is 13.8. The number of hydrogen-bond donors (Lipinski definition) is 1. The van der Waals surface area contributed by atoms with Crippen LogP contribution in [0.25, 0.3) is 0 Å². The van der Waals surface area contributed by atoms with E-state index in [-0.39, 0.29) is 5.82 Å². The van der Waals surface area contributed by atoms with Gasteiger partial charge in [0.25, 0.3) is 6.43 Å². The summed E-state index contributed by atoms with van der Waals surface area (Å²) >= 11 is 0. The van der Waals surface area contributed by atoms with Crippen LogP contribution in [0.3, 0.4) is 0 Å². The zero-order valence-corrected chi connectivity index (χ0v) is 6.61. The first-order valence-corrected chi connectivity index (χ1v) is 3.58. The Morgan fingerprint density at radius 1 is 1.67 bits per heavy atom.